The van der Waals surface area contributed by atoms with Gasteiger partial charge in [-0.15, -0.1) is 0 Å². The van der Waals surface area contributed by atoms with Gasteiger partial charge >= 0.3 is 0 Å². The molecule has 1 unspecified atom stereocenters. The van der Waals surface area contributed by atoms with Gasteiger partial charge in [0.25, 0.3) is 0 Å². The van der Waals surface area contributed by atoms with Gasteiger partial charge in [-0.05, 0) is 13.8 Å². The molecule has 2 N–H and O–H groups in total. The third-order valence-corrected chi connectivity index (χ3v) is 3.76. The monoisotopic (exact) mass is 204 g/mol. The minimum absolute atomic E-state index is 0.233. The van der Waals surface area contributed by atoms with Crippen LogP contribution in [0, 0.1) is 5.41 Å². The molecule has 0 saturated carbocycles. The predicted octanol–water partition coefficient (Wildman–Crippen LogP) is 0.517. The fraction of sp³-hybridized carbons (Fsp3) is 1.00. The molecule has 1 rings (SSSR count). The van der Waals surface area contributed by atoms with E-state index in [1.54, 1.807) is 13.8 Å². The van der Waals surface area contributed by atoms with Crippen molar-refractivity contribution < 1.29 is 19.7 Å². The molecule has 0 amide bonds. The second-order valence-corrected chi connectivity index (χ2v) is 4.87. The van der Waals surface area contributed by atoms with Gasteiger partial charge in [-0.25, -0.2) is 0 Å². The van der Waals surface area contributed by atoms with Crippen molar-refractivity contribution in [1.29, 1.82) is 0 Å². The summed E-state index contributed by atoms with van der Waals surface area (Å²) in [6.45, 7) is 6.85. The predicted molar refractivity (Wildman–Crippen MR) is 51.8 cm³/mol. The minimum atomic E-state index is -1.13. The number of ether oxygens (including phenoxy) is 2. The molecule has 4 heteroatoms. The highest BCUT2D eigenvalue weighted by Gasteiger charge is 2.64. The van der Waals surface area contributed by atoms with Crippen LogP contribution in [0.2, 0.25) is 0 Å². The van der Waals surface area contributed by atoms with E-state index >= 15 is 0 Å². The van der Waals surface area contributed by atoms with Gasteiger partial charge in [0.1, 0.15) is 11.2 Å². The van der Waals surface area contributed by atoms with Crippen molar-refractivity contribution in [2.45, 2.75) is 45.2 Å². The highest BCUT2D eigenvalue weighted by atomic mass is 16.7. The lowest BCUT2D eigenvalue weighted by molar-refractivity contribution is -0.188. The Hall–Kier alpha value is -0.160. The van der Waals surface area contributed by atoms with E-state index in [9.17, 15) is 10.2 Å². The number of aliphatic hydroxyl groups is 2. The van der Waals surface area contributed by atoms with E-state index in [2.05, 4.69) is 0 Å². The van der Waals surface area contributed by atoms with E-state index in [4.69, 9.17) is 9.47 Å². The van der Waals surface area contributed by atoms with Crippen LogP contribution >= 0.6 is 0 Å². The maximum atomic E-state index is 10.4. The van der Waals surface area contributed by atoms with Gasteiger partial charge in [-0.3, -0.25) is 0 Å². The Kier molecular flexibility index (Phi) is 2.69. The number of hydrogen-bond donors (Lipinski definition) is 2. The van der Waals surface area contributed by atoms with E-state index in [-0.39, 0.29) is 6.61 Å². The summed E-state index contributed by atoms with van der Waals surface area (Å²) in [6.07, 6.45) is -0.505. The van der Waals surface area contributed by atoms with Crippen molar-refractivity contribution in [3.8, 4) is 0 Å². The highest BCUT2D eigenvalue weighted by Crippen LogP contribution is 2.51. The molecule has 0 aromatic rings. The van der Waals surface area contributed by atoms with Crippen molar-refractivity contribution in [3.63, 3.8) is 0 Å². The Balaban J connectivity index is 3.11. The Bertz CT molecular complexity index is 217. The first-order valence-corrected chi connectivity index (χ1v) is 4.77. The van der Waals surface area contributed by atoms with Crippen molar-refractivity contribution in [1.82, 2.24) is 0 Å². The molecule has 1 fully saturated rings. The molecule has 1 saturated heterocycles. The molecule has 3 atom stereocenters. The largest absolute Gasteiger partial charge is 0.393 e. The van der Waals surface area contributed by atoms with Crippen molar-refractivity contribution in [3.05, 3.63) is 0 Å². The topological polar surface area (TPSA) is 58.9 Å². The third-order valence-electron chi connectivity index (χ3n) is 3.76. The number of hydrogen-bond acceptors (Lipinski definition) is 4. The minimum Gasteiger partial charge on any atom is -0.393 e. The summed E-state index contributed by atoms with van der Waals surface area (Å²) in [6, 6.07) is 0. The zero-order valence-electron chi connectivity index (χ0n) is 9.50. The van der Waals surface area contributed by atoms with E-state index in [1.807, 2.05) is 13.8 Å². The number of methoxy groups -OCH3 is 1. The molecule has 14 heavy (non-hydrogen) atoms. The summed E-state index contributed by atoms with van der Waals surface area (Å²) < 4.78 is 10.7. The summed E-state index contributed by atoms with van der Waals surface area (Å²) in [5.41, 5.74) is -2.66. The second kappa shape index (κ2) is 3.17. The van der Waals surface area contributed by atoms with Crippen LogP contribution < -0.4 is 0 Å². The van der Waals surface area contributed by atoms with Crippen LogP contribution in [-0.4, -0.2) is 41.4 Å². The molecule has 1 aliphatic heterocycles. The smallest absolute Gasteiger partial charge is 0.166 e. The van der Waals surface area contributed by atoms with Gasteiger partial charge in [-0.2, -0.15) is 0 Å². The average Bonchev–Trinajstić information content (AvgIpc) is 2.24. The lowest BCUT2D eigenvalue weighted by atomic mass is 9.70. The Morgan fingerprint density at radius 1 is 1.29 bits per heavy atom. The molecule has 0 aromatic carbocycles. The van der Waals surface area contributed by atoms with Crippen LogP contribution in [0.4, 0.5) is 0 Å². The van der Waals surface area contributed by atoms with E-state index in [0.717, 1.165) is 0 Å². The van der Waals surface area contributed by atoms with E-state index in [1.165, 1.54) is 7.11 Å². The summed E-state index contributed by atoms with van der Waals surface area (Å²) in [7, 11) is 1.53. The fourth-order valence-electron chi connectivity index (χ4n) is 1.94. The maximum Gasteiger partial charge on any atom is 0.166 e. The van der Waals surface area contributed by atoms with Crippen molar-refractivity contribution in [2.24, 2.45) is 5.41 Å². The fourth-order valence-corrected chi connectivity index (χ4v) is 1.94. The molecule has 0 radical (unpaired) electrons. The molecule has 84 valence electrons. The maximum absolute atomic E-state index is 10.4. The van der Waals surface area contributed by atoms with Gasteiger partial charge in [0.05, 0.1) is 6.61 Å². The first kappa shape index (κ1) is 11.9. The normalized spacial score (nSPS) is 46.9. The lowest BCUT2D eigenvalue weighted by Crippen LogP contribution is -2.55. The van der Waals surface area contributed by atoms with Crippen LogP contribution in [0.25, 0.3) is 0 Å². The Labute approximate surface area is 84.8 Å². The molecule has 1 heterocycles. The van der Waals surface area contributed by atoms with Crippen molar-refractivity contribution in [2.75, 3.05) is 13.7 Å². The Morgan fingerprint density at radius 2 is 1.79 bits per heavy atom. The molecular formula is C10H20O4. The average molecular weight is 204 g/mol. The number of aliphatic hydroxyl groups excluding tert-OH is 1. The van der Waals surface area contributed by atoms with Gasteiger partial charge in [0.15, 0.2) is 6.29 Å². The van der Waals surface area contributed by atoms with Gasteiger partial charge in [0, 0.05) is 12.5 Å². The summed E-state index contributed by atoms with van der Waals surface area (Å²) in [5.74, 6) is 0. The van der Waals surface area contributed by atoms with Crippen LogP contribution in [0.1, 0.15) is 27.7 Å². The summed E-state index contributed by atoms with van der Waals surface area (Å²) in [5, 5.41) is 19.6. The van der Waals surface area contributed by atoms with Crippen molar-refractivity contribution >= 4 is 0 Å². The van der Waals surface area contributed by atoms with Gasteiger partial charge < -0.3 is 19.7 Å². The molecule has 4 nitrogen and oxygen atoms in total. The molecule has 0 aromatic heterocycles. The SMILES string of the molecule is CO[C@@H]1O[C@](C)(CO)C(C)(O)C1(C)C. The molecule has 0 spiro atoms. The quantitative estimate of drug-likeness (QED) is 0.688. The van der Waals surface area contributed by atoms with Gasteiger partial charge in [0.2, 0.25) is 0 Å². The summed E-state index contributed by atoms with van der Waals surface area (Å²) in [4.78, 5) is 0. The lowest BCUT2D eigenvalue weighted by Gasteiger charge is -2.40. The first-order valence-electron chi connectivity index (χ1n) is 4.77. The first-order chi connectivity index (χ1) is 6.23. The molecule has 1 aliphatic rings. The van der Waals surface area contributed by atoms with Crippen LogP contribution in [-0.2, 0) is 9.47 Å². The van der Waals surface area contributed by atoms with Crippen LogP contribution in [0.5, 0.6) is 0 Å². The van der Waals surface area contributed by atoms with Gasteiger partial charge in [-0.1, -0.05) is 13.8 Å². The summed E-state index contributed by atoms with van der Waals surface area (Å²) >= 11 is 0. The molecule has 0 bridgehead atoms. The number of rotatable bonds is 2. The van der Waals surface area contributed by atoms with E-state index < -0.39 is 22.9 Å². The van der Waals surface area contributed by atoms with E-state index in [0.29, 0.717) is 0 Å². The second-order valence-electron chi connectivity index (χ2n) is 4.87. The standard InChI is InChI=1S/C10H20O4/c1-8(2)7(13-5)14-9(3,6-11)10(8,4)12/h7,11-12H,6H2,1-5H3/t7-,9-,10?/m1/s1. The van der Waals surface area contributed by atoms with Crippen LogP contribution in [0.3, 0.4) is 0 Å². The molecular weight excluding hydrogens is 184 g/mol. The zero-order chi connectivity index (χ0) is 11.2. The molecule has 0 aliphatic carbocycles. The van der Waals surface area contributed by atoms with Crippen LogP contribution in [0.15, 0.2) is 0 Å². The Morgan fingerprint density at radius 3 is 2.00 bits per heavy atom. The third kappa shape index (κ3) is 1.21. The zero-order valence-corrected chi connectivity index (χ0v) is 9.50. The highest BCUT2D eigenvalue weighted by molar-refractivity contribution is 5.10.